The third-order valence-electron chi connectivity index (χ3n) is 3.05. The van der Waals surface area contributed by atoms with Crippen molar-refractivity contribution in [2.45, 2.75) is 18.9 Å². The van der Waals surface area contributed by atoms with Crippen LogP contribution in [0.2, 0.25) is 0 Å². The molecule has 0 bridgehead atoms. The summed E-state index contributed by atoms with van der Waals surface area (Å²) in [7, 11) is 0. The molecular formula is C15H19N5O6. The number of anilines is 1. The predicted octanol–water partition coefficient (Wildman–Crippen LogP) is -0.835. The van der Waals surface area contributed by atoms with Crippen LogP contribution in [0, 0.1) is 0 Å². The van der Waals surface area contributed by atoms with E-state index in [4.69, 9.17) is 16.1 Å². The van der Waals surface area contributed by atoms with Crippen LogP contribution < -0.4 is 21.8 Å². The van der Waals surface area contributed by atoms with Gasteiger partial charge in [0.15, 0.2) is 0 Å². The van der Waals surface area contributed by atoms with Crippen LogP contribution in [-0.2, 0) is 14.4 Å². The number of carboxylic acids is 2. The van der Waals surface area contributed by atoms with Crippen molar-refractivity contribution in [2.24, 2.45) is 10.9 Å². The number of nitrogens with zero attached hydrogens (tertiary/aromatic N) is 1. The van der Waals surface area contributed by atoms with E-state index in [2.05, 4.69) is 21.1 Å². The topological polar surface area (TPSA) is 183 Å². The molecule has 0 aliphatic heterocycles. The highest BCUT2D eigenvalue weighted by Gasteiger charge is 2.19. The van der Waals surface area contributed by atoms with Gasteiger partial charge in [0.05, 0.1) is 19.4 Å². The lowest BCUT2D eigenvalue weighted by Gasteiger charge is -2.15. The molecule has 0 aliphatic rings. The Kier molecular flexibility index (Phi) is 8.07. The summed E-state index contributed by atoms with van der Waals surface area (Å²) in [5.41, 5.74) is 0.820. The molecule has 1 aromatic carbocycles. The summed E-state index contributed by atoms with van der Waals surface area (Å²) < 4.78 is 0. The van der Waals surface area contributed by atoms with Crippen molar-refractivity contribution in [3.8, 4) is 0 Å². The second-order valence-corrected chi connectivity index (χ2v) is 5.15. The monoisotopic (exact) mass is 365 g/mol. The molecule has 1 rings (SSSR count). The van der Waals surface area contributed by atoms with E-state index >= 15 is 0 Å². The number of hydrogen-bond acceptors (Lipinski definition) is 6. The number of nitrogens with two attached hydrogens (primary N) is 1. The molecule has 0 unspecified atom stereocenters. The first-order chi connectivity index (χ1) is 12.3. The van der Waals surface area contributed by atoms with E-state index in [1.165, 1.54) is 18.5 Å². The number of carbonyl (C=O) groups is 4. The van der Waals surface area contributed by atoms with Crippen LogP contribution in [0.4, 0.5) is 5.69 Å². The number of nitrogens with one attached hydrogen (secondary N) is 3. The Morgan fingerprint density at radius 2 is 1.81 bits per heavy atom. The number of aliphatic carboxylic acids is 2. The third kappa shape index (κ3) is 7.77. The molecular weight excluding hydrogens is 346 g/mol. The Hall–Kier alpha value is -3.63. The van der Waals surface area contributed by atoms with E-state index in [0.29, 0.717) is 5.69 Å². The van der Waals surface area contributed by atoms with Gasteiger partial charge >= 0.3 is 11.9 Å². The Morgan fingerprint density at radius 3 is 2.38 bits per heavy atom. The van der Waals surface area contributed by atoms with Gasteiger partial charge in [0.2, 0.25) is 5.91 Å². The standard InChI is InChI=1S/C15H19N5O6/c16-19-8-18-10-3-1-2-9(4-10)15(26)17-7-12(21)20-11(5-13(22)23)6-14(24)25/h1-4,8,11H,5-7,16H2,(H,17,26)(H,18,19)(H,20,21)(H,22,23)(H,24,25). The molecule has 0 radical (unpaired) electrons. The fraction of sp³-hybridized carbons (Fsp3) is 0.267. The van der Waals surface area contributed by atoms with Gasteiger partial charge in [-0.15, -0.1) is 0 Å². The number of amides is 2. The summed E-state index contributed by atoms with van der Waals surface area (Å²) in [6, 6.07) is 5.24. The summed E-state index contributed by atoms with van der Waals surface area (Å²) >= 11 is 0. The maximum Gasteiger partial charge on any atom is 0.305 e. The normalized spacial score (nSPS) is 10.5. The Morgan fingerprint density at radius 1 is 1.15 bits per heavy atom. The number of carboxylic acid groups (broad SMARTS) is 2. The van der Waals surface area contributed by atoms with Crippen molar-refractivity contribution in [3.05, 3.63) is 29.8 Å². The first-order valence-electron chi connectivity index (χ1n) is 7.41. The fourth-order valence-electron chi connectivity index (χ4n) is 2.00. The quantitative estimate of drug-likeness (QED) is 0.134. The van der Waals surface area contributed by atoms with Crippen LogP contribution in [0.3, 0.4) is 0 Å². The molecule has 0 atom stereocenters. The van der Waals surface area contributed by atoms with Crippen molar-refractivity contribution in [3.63, 3.8) is 0 Å². The molecule has 11 nitrogen and oxygen atoms in total. The maximum atomic E-state index is 12.1. The first kappa shape index (κ1) is 20.4. The summed E-state index contributed by atoms with van der Waals surface area (Å²) in [6.45, 7) is -0.434. The molecule has 0 aromatic heterocycles. The zero-order valence-corrected chi connectivity index (χ0v) is 13.6. The van der Waals surface area contributed by atoms with Gasteiger partial charge in [-0.1, -0.05) is 6.07 Å². The van der Waals surface area contributed by atoms with Gasteiger partial charge < -0.3 is 32.0 Å². The lowest BCUT2D eigenvalue weighted by Crippen LogP contribution is -2.43. The van der Waals surface area contributed by atoms with Crippen LogP contribution in [0.15, 0.2) is 29.4 Å². The maximum absolute atomic E-state index is 12.1. The third-order valence-corrected chi connectivity index (χ3v) is 3.05. The zero-order chi connectivity index (χ0) is 19.5. The minimum absolute atomic E-state index is 0.265. The van der Waals surface area contributed by atoms with Gasteiger partial charge in [0.1, 0.15) is 6.34 Å². The minimum atomic E-state index is -1.24. The molecule has 26 heavy (non-hydrogen) atoms. The van der Waals surface area contributed by atoms with E-state index in [9.17, 15) is 19.2 Å². The van der Waals surface area contributed by atoms with E-state index in [1.807, 2.05) is 0 Å². The van der Waals surface area contributed by atoms with E-state index in [0.717, 1.165) is 0 Å². The summed E-state index contributed by atoms with van der Waals surface area (Å²) in [5.74, 6) is 1.24. The van der Waals surface area contributed by atoms with Crippen LogP contribution in [0.1, 0.15) is 23.2 Å². The van der Waals surface area contributed by atoms with E-state index < -0.39 is 49.2 Å². The van der Waals surface area contributed by atoms with Crippen molar-refractivity contribution in [1.82, 2.24) is 10.6 Å². The molecule has 0 fully saturated rings. The highest BCUT2D eigenvalue weighted by molar-refractivity contribution is 5.97. The Balaban J connectivity index is 2.58. The second kappa shape index (κ2) is 10.3. The van der Waals surface area contributed by atoms with Crippen LogP contribution in [-0.4, -0.2) is 52.9 Å². The van der Waals surface area contributed by atoms with Gasteiger partial charge in [-0.05, 0) is 18.2 Å². The summed E-state index contributed by atoms with van der Waals surface area (Å²) in [6.07, 6.45) is 0.153. The van der Waals surface area contributed by atoms with E-state index in [-0.39, 0.29) is 5.56 Å². The molecule has 0 heterocycles. The second-order valence-electron chi connectivity index (χ2n) is 5.15. The fourth-order valence-corrected chi connectivity index (χ4v) is 2.00. The van der Waals surface area contributed by atoms with Crippen molar-refractivity contribution in [2.75, 3.05) is 11.9 Å². The average Bonchev–Trinajstić information content (AvgIpc) is 2.56. The zero-order valence-electron chi connectivity index (χ0n) is 13.6. The molecule has 2 amide bonds. The average molecular weight is 365 g/mol. The van der Waals surface area contributed by atoms with Crippen molar-refractivity contribution < 1.29 is 29.4 Å². The molecule has 11 heteroatoms. The van der Waals surface area contributed by atoms with Crippen LogP contribution >= 0.6 is 0 Å². The van der Waals surface area contributed by atoms with Gasteiger partial charge in [0.25, 0.3) is 5.91 Å². The molecule has 0 spiro atoms. The van der Waals surface area contributed by atoms with Crippen LogP contribution in [0.5, 0.6) is 0 Å². The largest absolute Gasteiger partial charge is 0.481 e. The lowest BCUT2D eigenvalue weighted by molar-refractivity contribution is -0.139. The highest BCUT2D eigenvalue weighted by Crippen LogP contribution is 2.09. The molecule has 1 aromatic rings. The molecule has 7 N–H and O–H groups in total. The lowest BCUT2D eigenvalue weighted by atomic mass is 10.1. The molecule has 0 saturated carbocycles. The van der Waals surface area contributed by atoms with Gasteiger partial charge in [0, 0.05) is 17.3 Å². The van der Waals surface area contributed by atoms with Crippen molar-refractivity contribution >= 4 is 35.8 Å². The number of rotatable bonds is 10. The number of hydrazone groups is 1. The van der Waals surface area contributed by atoms with Crippen molar-refractivity contribution in [1.29, 1.82) is 0 Å². The predicted molar refractivity (Wildman–Crippen MR) is 91.5 cm³/mol. The smallest absolute Gasteiger partial charge is 0.305 e. The molecule has 0 aliphatic carbocycles. The molecule has 0 saturated heterocycles. The first-order valence-corrected chi connectivity index (χ1v) is 7.41. The minimum Gasteiger partial charge on any atom is -0.481 e. The highest BCUT2D eigenvalue weighted by atomic mass is 16.4. The van der Waals surface area contributed by atoms with E-state index in [1.54, 1.807) is 12.1 Å². The van der Waals surface area contributed by atoms with Gasteiger partial charge in [-0.25, -0.2) is 0 Å². The summed E-state index contributed by atoms with van der Waals surface area (Å²) in [5, 5.41) is 28.1. The van der Waals surface area contributed by atoms with Gasteiger partial charge in [-0.3, -0.25) is 19.2 Å². The Bertz CT molecular complexity index is 690. The SMILES string of the molecule is NN=CNc1cccc(C(=O)NCC(=O)NC(CC(=O)O)CC(=O)O)c1. The van der Waals surface area contributed by atoms with Crippen LogP contribution in [0.25, 0.3) is 0 Å². The number of benzene rings is 1. The summed E-state index contributed by atoms with van der Waals surface area (Å²) in [4.78, 5) is 45.2. The number of carbonyl (C=O) groups excluding carboxylic acids is 2. The molecule has 140 valence electrons. The Labute approximate surface area is 148 Å². The van der Waals surface area contributed by atoms with Gasteiger partial charge in [-0.2, -0.15) is 5.10 Å². The number of hydrogen-bond donors (Lipinski definition) is 6.